The van der Waals surface area contributed by atoms with Gasteiger partial charge in [-0.3, -0.25) is 9.59 Å². The monoisotopic (exact) mass is 726 g/mol. The normalized spacial score (nSPS) is 11.4. The fraction of sp³-hybridized carbons (Fsp3) is 0.0435. The van der Waals surface area contributed by atoms with Crippen molar-refractivity contribution in [3.05, 3.63) is 244 Å². The van der Waals surface area contributed by atoms with Crippen LogP contribution in [-0.2, 0) is 15.7 Å². The van der Waals surface area contributed by atoms with Crippen molar-refractivity contribution in [2.75, 3.05) is 5.32 Å². The van der Waals surface area contributed by atoms with E-state index in [0.29, 0.717) is 15.7 Å². The zero-order valence-corrected chi connectivity index (χ0v) is 29.3. The predicted molar refractivity (Wildman–Crippen MR) is 209 cm³/mol. The van der Waals surface area contributed by atoms with Gasteiger partial charge in [0, 0.05) is 10.2 Å². The smallest absolute Gasteiger partial charge is 0.253 e. The van der Waals surface area contributed by atoms with E-state index < -0.39 is 11.0 Å². The number of amides is 2. The van der Waals surface area contributed by atoms with Gasteiger partial charge in [-0.05, 0) is 67.5 Å². The highest BCUT2D eigenvalue weighted by Crippen LogP contribution is 2.41. The van der Waals surface area contributed by atoms with Crippen LogP contribution in [0.3, 0.4) is 0 Å². The summed E-state index contributed by atoms with van der Waals surface area (Å²) in [7, 11) is 0. The molecule has 7 aromatic carbocycles. The van der Waals surface area contributed by atoms with Crippen molar-refractivity contribution in [1.29, 1.82) is 0 Å². The number of benzene rings is 7. The van der Waals surface area contributed by atoms with Crippen LogP contribution in [0.15, 0.2) is 205 Å². The Labute approximate surface area is 307 Å². The second kappa shape index (κ2) is 14.8. The maximum atomic E-state index is 15.0. The molecular formula is C46H35BrN2O2. The van der Waals surface area contributed by atoms with Gasteiger partial charge in [-0.1, -0.05) is 182 Å². The first-order valence-electron chi connectivity index (χ1n) is 16.8. The maximum Gasteiger partial charge on any atom is 0.253 e. The van der Waals surface area contributed by atoms with Gasteiger partial charge in [-0.15, -0.1) is 0 Å². The first-order chi connectivity index (χ1) is 25.0. The number of anilines is 1. The van der Waals surface area contributed by atoms with E-state index in [-0.39, 0.29) is 11.8 Å². The van der Waals surface area contributed by atoms with E-state index in [1.807, 2.05) is 188 Å². The second-order valence-corrected chi connectivity index (χ2v) is 13.2. The van der Waals surface area contributed by atoms with E-state index in [0.717, 1.165) is 33.4 Å². The zero-order chi connectivity index (χ0) is 35.1. The summed E-state index contributed by atoms with van der Waals surface area (Å²) in [6.45, 7) is 0. The lowest BCUT2D eigenvalue weighted by molar-refractivity contribution is -0.119. The number of carbonyl (C=O) groups is 2. The van der Waals surface area contributed by atoms with Gasteiger partial charge in [0.05, 0.1) is 5.56 Å². The van der Waals surface area contributed by atoms with E-state index >= 15 is 0 Å². The van der Waals surface area contributed by atoms with Crippen LogP contribution < -0.4 is 10.6 Å². The highest BCUT2D eigenvalue weighted by atomic mass is 79.9. The lowest BCUT2D eigenvalue weighted by atomic mass is 9.68. The summed E-state index contributed by atoms with van der Waals surface area (Å²) in [5, 5.41) is 6.66. The van der Waals surface area contributed by atoms with Gasteiger partial charge in [0.25, 0.3) is 5.91 Å². The lowest BCUT2D eigenvalue weighted by Crippen LogP contribution is -2.48. The van der Waals surface area contributed by atoms with Gasteiger partial charge < -0.3 is 10.6 Å². The Bertz CT molecular complexity index is 2040. The Morgan fingerprint density at radius 3 is 1.12 bits per heavy atom. The van der Waals surface area contributed by atoms with E-state index in [2.05, 4.69) is 26.6 Å². The fourth-order valence-corrected chi connectivity index (χ4v) is 7.40. The van der Waals surface area contributed by atoms with E-state index in [9.17, 15) is 9.59 Å². The highest BCUT2D eigenvalue weighted by Gasteiger charge is 2.44. The van der Waals surface area contributed by atoms with Gasteiger partial charge in [-0.25, -0.2) is 0 Å². The molecule has 0 radical (unpaired) electrons. The van der Waals surface area contributed by atoms with Gasteiger partial charge >= 0.3 is 0 Å². The van der Waals surface area contributed by atoms with Crippen LogP contribution in [0.1, 0.15) is 43.7 Å². The molecule has 5 heteroatoms. The summed E-state index contributed by atoms with van der Waals surface area (Å²) < 4.78 is 0.599. The molecule has 0 aliphatic carbocycles. The molecule has 0 unspecified atom stereocenters. The van der Waals surface area contributed by atoms with Crippen LogP contribution in [0.25, 0.3) is 0 Å². The third-order valence-electron chi connectivity index (χ3n) is 9.35. The van der Waals surface area contributed by atoms with Gasteiger partial charge in [0.15, 0.2) is 0 Å². The number of halogens is 1. The number of carbonyl (C=O) groups excluding carboxylic acids is 2. The minimum absolute atomic E-state index is 0.244. The summed E-state index contributed by atoms with van der Waals surface area (Å²) >= 11 is 3.65. The van der Waals surface area contributed by atoms with Gasteiger partial charge in [0.2, 0.25) is 5.91 Å². The van der Waals surface area contributed by atoms with E-state index in [1.54, 1.807) is 12.1 Å². The zero-order valence-electron chi connectivity index (χ0n) is 27.7. The summed E-state index contributed by atoms with van der Waals surface area (Å²) in [6, 6.07) is 64.7. The molecule has 2 N–H and O–H groups in total. The summed E-state index contributed by atoms with van der Waals surface area (Å²) in [4.78, 5) is 29.6. The Morgan fingerprint density at radius 1 is 0.431 bits per heavy atom. The van der Waals surface area contributed by atoms with Crippen LogP contribution in [0.2, 0.25) is 0 Å². The van der Waals surface area contributed by atoms with Gasteiger partial charge in [-0.2, -0.15) is 0 Å². The Hall–Kier alpha value is -6.04. The van der Waals surface area contributed by atoms with Crippen LogP contribution in [0.4, 0.5) is 5.69 Å². The molecule has 0 saturated heterocycles. The topological polar surface area (TPSA) is 58.2 Å². The average molecular weight is 728 g/mol. The van der Waals surface area contributed by atoms with Gasteiger partial charge in [0.1, 0.15) is 11.0 Å². The molecule has 0 spiro atoms. The lowest BCUT2D eigenvalue weighted by Gasteiger charge is -2.37. The van der Waals surface area contributed by atoms with Crippen molar-refractivity contribution >= 4 is 33.4 Å². The summed E-state index contributed by atoms with van der Waals surface area (Å²) in [6.07, 6.45) is 0. The maximum absolute atomic E-state index is 15.0. The van der Waals surface area contributed by atoms with Crippen molar-refractivity contribution in [1.82, 2.24) is 5.32 Å². The molecule has 0 aliphatic heterocycles. The second-order valence-electron chi connectivity index (χ2n) is 12.3. The molecule has 7 rings (SSSR count). The van der Waals surface area contributed by atoms with Crippen LogP contribution >= 0.6 is 15.9 Å². The molecule has 0 bridgehead atoms. The number of nitrogens with one attached hydrogen (secondary N) is 2. The van der Waals surface area contributed by atoms with Crippen LogP contribution in [0, 0.1) is 0 Å². The number of hydrogen-bond donors (Lipinski definition) is 2. The molecule has 0 saturated carbocycles. The van der Waals surface area contributed by atoms with Crippen molar-refractivity contribution in [3.63, 3.8) is 0 Å². The number of rotatable bonds is 10. The van der Waals surface area contributed by atoms with E-state index in [1.165, 1.54) is 0 Å². The predicted octanol–water partition coefficient (Wildman–Crippen LogP) is 10.1. The minimum Gasteiger partial charge on any atom is -0.334 e. The summed E-state index contributed by atoms with van der Waals surface area (Å²) in [5.74, 6) is -0.554. The largest absolute Gasteiger partial charge is 0.334 e. The Morgan fingerprint density at radius 2 is 0.765 bits per heavy atom. The molecular weight excluding hydrogens is 692 g/mol. The van der Waals surface area contributed by atoms with Crippen LogP contribution in [0.5, 0.6) is 0 Å². The van der Waals surface area contributed by atoms with Crippen molar-refractivity contribution in [2.45, 2.75) is 11.0 Å². The highest BCUT2D eigenvalue weighted by molar-refractivity contribution is 9.10. The quantitative estimate of drug-likeness (QED) is 0.138. The average Bonchev–Trinajstić information content (AvgIpc) is 3.20. The third kappa shape index (κ3) is 6.40. The van der Waals surface area contributed by atoms with Crippen molar-refractivity contribution < 1.29 is 9.59 Å². The number of hydrogen-bond acceptors (Lipinski definition) is 2. The molecule has 51 heavy (non-hydrogen) atoms. The molecule has 0 aromatic heterocycles. The first-order valence-corrected chi connectivity index (χ1v) is 17.6. The molecule has 7 aromatic rings. The standard InChI is InChI=1S/C46H35BrN2O2/c47-42-32-31-40(48-44(51)45(34-19-7-1-8-20-34,35-21-9-2-10-22-35)36-23-11-3-12-24-36)33-41(42)43(50)49-46(37-25-13-4-14-26-37,38-27-15-5-16-28-38)39-29-17-6-18-30-39/h1-33H,(H,48,51)(H,49,50). The molecule has 0 aliphatic rings. The Balaban J connectivity index is 1.32. The molecule has 2 amide bonds. The summed E-state index contributed by atoms with van der Waals surface area (Å²) in [5.41, 5.74) is 3.90. The minimum atomic E-state index is -1.18. The third-order valence-corrected chi connectivity index (χ3v) is 10.0. The molecule has 248 valence electrons. The van der Waals surface area contributed by atoms with E-state index in [4.69, 9.17) is 0 Å². The molecule has 0 fully saturated rings. The molecule has 0 atom stereocenters. The van der Waals surface area contributed by atoms with Crippen molar-refractivity contribution in [3.8, 4) is 0 Å². The SMILES string of the molecule is O=C(NC(c1ccccc1)(c1ccccc1)c1ccccc1)c1cc(NC(=O)C(c2ccccc2)(c2ccccc2)c2ccccc2)ccc1Br. The Kier molecular flexibility index (Phi) is 9.73. The molecule has 0 heterocycles. The van der Waals surface area contributed by atoms with Crippen LogP contribution in [-0.4, -0.2) is 11.8 Å². The van der Waals surface area contributed by atoms with Crippen molar-refractivity contribution in [2.24, 2.45) is 0 Å². The molecule has 4 nitrogen and oxygen atoms in total. The fourth-order valence-electron chi connectivity index (χ4n) is 6.98. The first kappa shape index (κ1) is 33.5.